The fraction of sp³-hybridized carbons (Fsp3) is 0.500. The molecule has 4 amide bonds. The van der Waals surface area contributed by atoms with Gasteiger partial charge in [-0.2, -0.15) is 0 Å². The fourth-order valence-electron chi connectivity index (χ4n) is 3.50. The SMILES string of the molecule is O=C(O)CN1C(=O)C2C(C1=O)C1C(=O)N(CC(=O)O)C(=O)C21. The molecule has 2 heterocycles. The van der Waals surface area contributed by atoms with E-state index in [2.05, 4.69) is 0 Å². The van der Waals surface area contributed by atoms with E-state index in [0.29, 0.717) is 9.80 Å². The molecule has 1 saturated carbocycles. The van der Waals surface area contributed by atoms with Gasteiger partial charge in [0, 0.05) is 0 Å². The smallest absolute Gasteiger partial charge is 0.323 e. The third-order valence-electron chi connectivity index (χ3n) is 4.34. The van der Waals surface area contributed by atoms with Gasteiger partial charge in [0.2, 0.25) is 23.6 Å². The van der Waals surface area contributed by atoms with Crippen molar-refractivity contribution in [1.82, 2.24) is 9.80 Å². The summed E-state index contributed by atoms with van der Waals surface area (Å²) in [6.07, 6.45) is 0. The molecule has 0 aromatic heterocycles. The molecule has 2 N–H and O–H groups in total. The van der Waals surface area contributed by atoms with Crippen molar-refractivity contribution >= 4 is 35.6 Å². The molecule has 0 unspecified atom stereocenters. The molecule has 10 heteroatoms. The highest BCUT2D eigenvalue weighted by Crippen LogP contribution is 2.56. The van der Waals surface area contributed by atoms with Gasteiger partial charge >= 0.3 is 11.9 Å². The molecular weight excluding hydrogens is 300 g/mol. The highest BCUT2D eigenvalue weighted by atomic mass is 16.4. The van der Waals surface area contributed by atoms with Crippen LogP contribution in [0.15, 0.2) is 0 Å². The third kappa shape index (κ3) is 1.60. The maximum Gasteiger partial charge on any atom is 0.323 e. The van der Waals surface area contributed by atoms with Crippen LogP contribution in [0, 0.1) is 23.7 Å². The van der Waals surface area contributed by atoms with Crippen molar-refractivity contribution in [3.05, 3.63) is 0 Å². The Bertz CT molecular complexity index is 552. The minimum absolute atomic E-state index is 0.540. The lowest BCUT2D eigenvalue weighted by molar-refractivity contribution is -0.151. The number of fused-ring (bicyclic) bond motifs is 4. The van der Waals surface area contributed by atoms with Gasteiger partial charge in [-0.15, -0.1) is 0 Å². The first kappa shape index (κ1) is 14.2. The number of carbonyl (C=O) groups excluding carboxylic acids is 4. The minimum Gasteiger partial charge on any atom is -0.480 e. The monoisotopic (exact) mass is 310 g/mol. The highest BCUT2D eigenvalue weighted by molar-refractivity contribution is 6.18. The van der Waals surface area contributed by atoms with Gasteiger partial charge in [-0.3, -0.25) is 38.6 Å². The average Bonchev–Trinajstić information content (AvgIpc) is 2.67. The molecule has 0 aromatic rings. The van der Waals surface area contributed by atoms with E-state index >= 15 is 0 Å². The lowest BCUT2D eigenvalue weighted by atomic mass is 9.59. The van der Waals surface area contributed by atoms with Gasteiger partial charge in [0.1, 0.15) is 13.1 Å². The largest absolute Gasteiger partial charge is 0.480 e. The van der Waals surface area contributed by atoms with Gasteiger partial charge in [-0.1, -0.05) is 0 Å². The summed E-state index contributed by atoms with van der Waals surface area (Å²) in [4.78, 5) is 70.8. The van der Waals surface area contributed by atoms with Gasteiger partial charge in [-0.05, 0) is 0 Å². The van der Waals surface area contributed by atoms with Crippen molar-refractivity contribution in [2.24, 2.45) is 23.7 Å². The molecule has 116 valence electrons. The summed E-state index contributed by atoms with van der Waals surface area (Å²) >= 11 is 0. The predicted molar refractivity (Wildman–Crippen MR) is 62.7 cm³/mol. The van der Waals surface area contributed by atoms with Crippen LogP contribution in [0.2, 0.25) is 0 Å². The van der Waals surface area contributed by atoms with Gasteiger partial charge in [0.05, 0.1) is 23.7 Å². The number of likely N-dealkylation sites (tertiary alicyclic amines) is 2. The van der Waals surface area contributed by atoms with E-state index in [1.165, 1.54) is 0 Å². The first-order valence-corrected chi connectivity index (χ1v) is 6.39. The zero-order valence-electron chi connectivity index (χ0n) is 11.0. The Balaban J connectivity index is 1.88. The van der Waals surface area contributed by atoms with Crippen molar-refractivity contribution < 1.29 is 39.0 Å². The Hall–Kier alpha value is -2.78. The molecule has 0 radical (unpaired) electrons. The van der Waals surface area contributed by atoms with Crippen molar-refractivity contribution in [3.8, 4) is 0 Å². The van der Waals surface area contributed by atoms with Crippen LogP contribution in [-0.4, -0.2) is 68.7 Å². The zero-order chi connectivity index (χ0) is 16.3. The number of carbonyl (C=O) groups is 6. The summed E-state index contributed by atoms with van der Waals surface area (Å²) in [7, 11) is 0. The van der Waals surface area contributed by atoms with Crippen molar-refractivity contribution in [1.29, 1.82) is 0 Å². The van der Waals surface area contributed by atoms with E-state index in [4.69, 9.17) is 10.2 Å². The molecule has 0 spiro atoms. The molecule has 22 heavy (non-hydrogen) atoms. The number of amides is 4. The number of carboxylic acids is 2. The molecule has 0 bridgehead atoms. The van der Waals surface area contributed by atoms with Crippen LogP contribution in [0.1, 0.15) is 0 Å². The van der Waals surface area contributed by atoms with Crippen LogP contribution < -0.4 is 0 Å². The lowest BCUT2D eigenvalue weighted by Crippen LogP contribution is -2.50. The maximum absolute atomic E-state index is 12.1. The molecule has 2 saturated heterocycles. The Kier molecular flexibility index (Phi) is 2.81. The fourth-order valence-corrected chi connectivity index (χ4v) is 3.50. The number of nitrogens with zero attached hydrogens (tertiary/aromatic N) is 2. The highest BCUT2D eigenvalue weighted by Gasteiger charge is 2.73. The molecule has 1 aliphatic carbocycles. The molecule has 3 fully saturated rings. The predicted octanol–water partition coefficient (Wildman–Crippen LogP) is -2.63. The normalized spacial score (nSPS) is 32.9. The summed E-state index contributed by atoms with van der Waals surface area (Å²) in [5.74, 6) is -10.2. The quantitative estimate of drug-likeness (QED) is 0.535. The topological polar surface area (TPSA) is 149 Å². The van der Waals surface area contributed by atoms with Crippen LogP contribution in [0.25, 0.3) is 0 Å². The minimum atomic E-state index is -1.38. The number of hydrogen-bond donors (Lipinski definition) is 2. The number of hydrogen-bond acceptors (Lipinski definition) is 6. The summed E-state index contributed by atoms with van der Waals surface area (Å²) in [5.41, 5.74) is 0. The van der Waals surface area contributed by atoms with Crippen LogP contribution in [0.4, 0.5) is 0 Å². The van der Waals surface area contributed by atoms with E-state index in [1.807, 2.05) is 0 Å². The maximum atomic E-state index is 12.1. The second-order valence-corrected chi connectivity index (χ2v) is 5.42. The first-order valence-electron chi connectivity index (χ1n) is 6.39. The molecular formula is C12H10N2O8. The number of imide groups is 2. The van der Waals surface area contributed by atoms with E-state index < -0.39 is 72.3 Å². The van der Waals surface area contributed by atoms with Gasteiger partial charge in [-0.25, -0.2) is 0 Å². The summed E-state index contributed by atoms with van der Waals surface area (Å²) < 4.78 is 0. The second-order valence-electron chi connectivity index (χ2n) is 5.42. The summed E-state index contributed by atoms with van der Waals surface area (Å²) in [6, 6.07) is 0. The van der Waals surface area contributed by atoms with E-state index in [-0.39, 0.29) is 0 Å². The second kappa shape index (κ2) is 4.36. The lowest BCUT2D eigenvalue weighted by Gasteiger charge is -2.36. The Labute approximate surface area is 122 Å². The molecule has 3 rings (SSSR count). The van der Waals surface area contributed by atoms with Crippen LogP contribution in [0.3, 0.4) is 0 Å². The molecule has 0 aromatic carbocycles. The number of rotatable bonds is 4. The summed E-state index contributed by atoms with van der Waals surface area (Å²) in [6.45, 7) is -1.63. The first-order chi connectivity index (χ1) is 10.3. The Morgan fingerprint density at radius 2 is 0.909 bits per heavy atom. The van der Waals surface area contributed by atoms with E-state index in [0.717, 1.165) is 0 Å². The van der Waals surface area contributed by atoms with E-state index in [9.17, 15) is 28.8 Å². The Morgan fingerprint density at radius 1 is 0.682 bits per heavy atom. The van der Waals surface area contributed by atoms with E-state index in [1.54, 1.807) is 0 Å². The number of aliphatic carboxylic acids is 2. The standard InChI is InChI=1S/C12H10N2O8/c15-3(16)1-13-9(19)5-6(10(13)20)8-7(5)11(21)14(12(8)22)2-4(17)18/h5-8H,1-2H2,(H,15,16)(H,17,18). The van der Waals surface area contributed by atoms with Crippen molar-refractivity contribution in [3.63, 3.8) is 0 Å². The van der Waals surface area contributed by atoms with Crippen molar-refractivity contribution in [2.75, 3.05) is 13.1 Å². The van der Waals surface area contributed by atoms with Gasteiger partial charge in [0.15, 0.2) is 0 Å². The van der Waals surface area contributed by atoms with Crippen LogP contribution >= 0.6 is 0 Å². The molecule has 2 aliphatic heterocycles. The zero-order valence-corrected chi connectivity index (χ0v) is 11.0. The van der Waals surface area contributed by atoms with Gasteiger partial charge < -0.3 is 10.2 Å². The Morgan fingerprint density at radius 3 is 1.09 bits per heavy atom. The van der Waals surface area contributed by atoms with Crippen molar-refractivity contribution in [2.45, 2.75) is 0 Å². The average molecular weight is 310 g/mol. The molecule has 0 atom stereocenters. The van der Waals surface area contributed by atoms with Crippen LogP contribution in [0.5, 0.6) is 0 Å². The summed E-state index contributed by atoms with van der Waals surface area (Å²) in [5, 5.41) is 17.4. The van der Waals surface area contributed by atoms with Crippen LogP contribution in [-0.2, 0) is 28.8 Å². The number of carboxylic acid groups (broad SMARTS) is 2. The molecule has 3 aliphatic rings. The third-order valence-corrected chi connectivity index (χ3v) is 4.34. The molecule has 10 nitrogen and oxygen atoms in total. The van der Waals surface area contributed by atoms with Gasteiger partial charge in [0.25, 0.3) is 0 Å².